The first-order chi connectivity index (χ1) is 10.1. The van der Waals surface area contributed by atoms with E-state index in [0.717, 1.165) is 11.3 Å². The van der Waals surface area contributed by atoms with Gasteiger partial charge >= 0.3 is 0 Å². The van der Waals surface area contributed by atoms with Crippen LogP contribution < -0.4 is 10.5 Å². The summed E-state index contributed by atoms with van der Waals surface area (Å²) in [5, 5.41) is 4.10. The molecule has 0 spiro atoms. The highest BCUT2D eigenvalue weighted by molar-refractivity contribution is 5.85. The van der Waals surface area contributed by atoms with Gasteiger partial charge in [-0.2, -0.15) is 5.10 Å². The first-order valence-electron chi connectivity index (χ1n) is 6.30. The summed E-state index contributed by atoms with van der Waals surface area (Å²) in [6, 6.07) is 7.80. The molecule has 0 radical (unpaired) electrons. The normalized spacial score (nSPS) is 10.1. The standard InChI is InChI=1S/C15H13FN4O.ClH/c1-20-9-10(8-19-20)15-7-12(4-5-18-15)21-11-2-3-14(17)13(16)6-11;/h2-9H,17H2,1H3;1H. The molecule has 2 aromatic heterocycles. The van der Waals surface area contributed by atoms with Crippen molar-refractivity contribution in [1.82, 2.24) is 14.8 Å². The molecule has 7 heteroatoms. The largest absolute Gasteiger partial charge is 0.457 e. The Morgan fingerprint density at radius 1 is 1.18 bits per heavy atom. The Balaban J connectivity index is 0.00000176. The van der Waals surface area contributed by atoms with Crippen molar-refractivity contribution < 1.29 is 9.13 Å². The molecular formula is C15H14ClFN4O. The van der Waals surface area contributed by atoms with Crippen LogP contribution in [0.15, 0.2) is 48.9 Å². The number of pyridine rings is 1. The molecule has 0 bridgehead atoms. The van der Waals surface area contributed by atoms with Crippen LogP contribution in [0.5, 0.6) is 11.5 Å². The molecule has 0 unspecified atom stereocenters. The summed E-state index contributed by atoms with van der Waals surface area (Å²) in [6.07, 6.45) is 5.20. The van der Waals surface area contributed by atoms with Gasteiger partial charge in [0.15, 0.2) is 0 Å². The number of ether oxygens (including phenoxy) is 1. The number of rotatable bonds is 3. The Labute approximate surface area is 133 Å². The zero-order valence-corrected chi connectivity index (χ0v) is 12.5. The Morgan fingerprint density at radius 2 is 1.95 bits per heavy atom. The molecule has 0 fully saturated rings. The summed E-state index contributed by atoms with van der Waals surface area (Å²) in [4.78, 5) is 4.27. The second-order valence-corrected chi connectivity index (χ2v) is 4.56. The Bertz CT molecular complexity index is 791. The Morgan fingerprint density at radius 3 is 2.64 bits per heavy atom. The molecule has 0 aliphatic rings. The van der Waals surface area contributed by atoms with E-state index in [1.807, 2.05) is 13.2 Å². The molecule has 0 aliphatic heterocycles. The number of hydrogen-bond acceptors (Lipinski definition) is 4. The zero-order chi connectivity index (χ0) is 14.8. The van der Waals surface area contributed by atoms with E-state index in [9.17, 15) is 4.39 Å². The summed E-state index contributed by atoms with van der Waals surface area (Å²) in [5.41, 5.74) is 7.14. The topological polar surface area (TPSA) is 66.0 Å². The van der Waals surface area contributed by atoms with E-state index in [0.29, 0.717) is 11.5 Å². The maximum Gasteiger partial charge on any atom is 0.149 e. The van der Waals surface area contributed by atoms with Crippen LogP contribution in [0, 0.1) is 5.82 Å². The number of nitrogens with two attached hydrogens (primary N) is 1. The number of nitrogen functional groups attached to an aromatic ring is 1. The second kappa shape index (κ2) is 6.44. The first kappa shape index (κ1) is 15.8. The maximum atomic E-state index is 13.4. The third-order valence-electron chi connectivity index (χ3n) is 2.94. The number of benzene rings is 1. The molecule has 5 nitrogen and oxygen atoms in total. The van der Waals surface area contributed by atoms with Gasteiger partial charge in [-0.05, 0) is 18.2 Å². The number of anilines is 1. The van der Waals surface area contributed by atoms with Gasteiger partial charge in [-0.1, -0.05) is 0 Å². The van der Waals surface area contributed by atoms with Crippen molar-refractivity contribution in [3.8, 4) is 22.8 Å². The smallest absolute Gasteiger partial charge is 0.149 e. The summed E-state index contributed by atoms with van der Waals surface area (Å²) >= 11 is 0. The van der Waals surface area contributed by atoms with E-state index in [1.54, 1.807) is 35.3 Å². The van der Waals surface area contributed by atoms with Gasteiger partial charge in [-0.25, -0.2) is 4.39 Å². The van der Waals surface area contributed by atoms with Gasteiger partial charge in [0.2, 0.25) is 0 Å². The third kappa shape index (κ3) is 3.35. The lowest BCUT2D eigenvalue weighted by molar-refractivity contribution is 0.477. The molecule has 3 rings (SSSR count). The van der Waals surface area contributed by atoms with Crippen LogP contribution in [0.3, 0.4) is 0 Å². The summed E-state index contributed by atoms with van der Waals surface area (Å²) < 4.78 is 20.7. The molecule has 0 atom stereocenters. The lowest BCUT2D eigenvalue weighted by Crippen LogP contribution is -1.92. The van der Waals surface area contributed by atoms with Gasteiger partial charge in [0.25, 0.3) is 0 Å². The molecular weight excluding hydrogens is 307 g/mol. The zero-order valence-electron chi connectivity index (χ0n) is 11.7. The van der Waals surface area contributed by atoms with E-state index >= 15 is 0 Å². The highest BCUT2D eigenvalue weighted by Crippen LogP contribution is 2.27. The fourth-order valence-electron chi connectivity index (χ4n) is 1.89. The molecule has 2 heterocycles. The van der Waals surface area contributed by atoms with Gasteiger partial charge in [-0.3, -0.25) is 9.67 Å². The van der Waals surface area contributed by atoms with Crippen LogP contribution in [-0.2, 0) is 7.05 Å². The average Bonchev–Trinajstić information content (AvgIpc) is 2.90. The van der Waals surface area contributed by atoms with Gasteiger partial charge in [-0.15, -0.1) is 12.4 Å². The molecule has 22 heavy (non-hydrogen) atoms. The van der Waals surface area contributed by atoms with Gasteiger partial charge in [0, 0.05) is 37.1 Å². The van der Waals surface area contributed by atoms with Crippen molar-refractivity contribution in [2.45, 2.75) is 0 Å². The van der Waals surface area contributed by atoms with Crippen molar-refractivity contribution in [3.63, 3.8) is 0 Å². The Kier molecular flexibility index (Phi) is 4.62. The molecule has 0 saturated heterocycles. The molecule has 2 N–H and O–H groups in total. The van der Waals surface area contributed by atoms with Crippen LogP contribution in [0.1, 0.15) is 0 Å². The maximum absolute atomic E-state index is 13.4. The van der Waals surface area contributed by atoms with Crippen LogP contribution >= 0.6 is 12.4 Å². The minimum absolute atomic E-state index is 0. The minimum Gasteiger partial charge on any atom is -0.457 e. The highest BCUT2D eigenvalue weighted by Gasteiger charge is 2.06. The number of hydrogen-bond donors (Lipinski definition) is 1. The molecule has 0 amide bonds. The van der Waals surface area contributed by atoms with E-state index in [-0.39, 0.29) is 18.1 Å². The number of aryl methyl sites for hydroxylation is 1. The van der Waals surface area contributed by atoms with Gasteiger partial charge in [0.1, 0.15) is 17.3 Å². The molecule has 114 valence electrons. The summed E-state index contributed by atoms with van der Waals surface area (Å²) in [7, 11) is 1.83. The minimum atomic E-state index is -0.506. The predicted molar refractivity (Wildman–Crippen MR) is 84.6 cm³/mol. The van der Waals surface area contributed by atoms with Crippen molar-refractivity contribution in [2.75, 3.05) is 5.73 Å². The second-order valence-electron chi connectivity index (χ2n) is 4.56. The quantitative estimate of drug-likeness (QED) is 0.751. The fraction of sp³-hybridized carbons (Fsp3) is 0.0667. The van der Waals surface area contributed by atoms with Crippen molar-refractivity contribution >= 4 is 18.1 Å². The van der Waals surface area contributed by atoms with Crippen molar-refractivity contribution in [2.24, 2.45) is 7.05 Å². The van der Waals surface area contributed by atoms with Crippen molar-refractivity contribution in [3.05, 3.63) is 54.7 Å². The number of halogens is 2. The lowest BCUT2D eigenvalue weighted by atomic mass is 10.2. The molecule has 0 saturated carbocycles. The van der Waals surface area contributed by atoms with Crippen LogP contribution in [-0.4, -0.2) is 14.8 Å². The Hall–Kier alpha value is -2.60. The third-order valence-corrected chi connectivity index (χ3v) is 2.94. The van der Waals surface area contributed by atoms with Gasteiger partial charge in [0.05, 0.1) is 17.6 Å². The van der Waals surface area contributed by atoms with Crippen LogP contribution in [0.2, 0.25) is 0 Å². The average molecular weight is 321 g/mol. The van der Waals surface area contributed by atoms with Crippen LogP contribution in [0.4, 0.5) is 10.1 Å². The first-order valence-corrected chi connectivity index (χ1v) is 6.30. The van der Waals surface area contributed by atoms with E-state index < -0.39 is 5.82 Å². The molecule has 3 aromatic rings. The van der Waals surface area contributed by atoms with Crippen LogP contribution in [0.25, 0.3) is 11.3 Å². The number of nitrogens with zero attached hydrogens (tertiary/aromatic N) is 3. The van der Waals surface area contributed by atoms with E-state index in [2.05, 4.69) is 10.1 Å². The molecule has 0 aliphatic carbocycles. The monoisotopic (exact) mass is 320 g/mol. The number of aromatic nitrogens is 3. The van der Waals surface area contributed by atoms with Crippen molar-refractivity contribution in [1.29, 1.82) is 0 Å². The summed E-state index contributed by atoms with van der Waals surface area (Å²) in [6.45, 7) is 0. The SMILES string of the molecule is Cl.Cn1cc(-c2cc(Oc3ccc(N)c(F)c3)ccn2)cn1. The highest BCUT2D eigenvalue weighted by atomic mass is 35.5. The predicted octanol–water partition coefficient (Wildman–Crippen LogP) is 3.42. The van der Waals surface area contributed by atoms with E-state index in [4.69, 9.17) is 10.5 Å². The van der Waals surface area contributed by atoms with Gasteiger partial charge < -0.3 is 10.5 Å². The summed E-state index contributed by atoms with van der Waals surface area (Å²) in [5.74, 6) is 0.437. The molecule has 1 aromatic carbocycles. The van der Waals surface area contributed by atoms with E-state index in [1.165, 1.54) is 12.1 Å². The lowest BCUT2D eigenvalue weighted by Gasteiger charge is -2.07. The fourth-order valence-corrected chi connectivity index (χ4v) is 1.89.